The molecule has 0 spiro atoms. The number of benzene rings is 3. The summed E-state index contributed by atoms with van der Waals surface area (Å²) in [5, 5.41) is 0. The second-order valence-electron chi connectivity index (χ2n) is 7.57. The minimum Gasteiger partial charge on any atom is -0.497 e. The molecule has 0 heterocycles. The number of unbranched alkanes of at least 4 members (excludes halogenated alkanes) is 1. The summed E-state index contributed by atoms with van der Waals surface area (Å²) in [6.45, 7) is 3.76. The first kappa shape index (κ1) is 23.2. The van der Waals surface area contributed by atoms with Crippen LogP contribution in [0.2, 0.25) is 0 Å². The predicted octanol–water partition coefficient (Wildman–Crippen LogP) is 5.73. The standard InChI is InChI=1S/C27H31NO4/c1-4-5-16-28(27(29)23-12-9-13-24(18-23)30-2)19-22-14-15-25(26(17-22)31-3)32-20-21-10-7-6-8-11-21/h6-15,17-18H,4-5,16,19-20H2,1-3H3. The van der Waals surface area contributed by atoms with Crippen LogP contribution in [-0.2, 0) is 13.2 Å². The Bertz CT molecular complexity index is 1000. The number of amides is 1. The summed E-state index contributed by atoms with van der Waals surface area (Å²) >= 11 is 0. The van der Waals surface area contributed by atoms with E-state index in [0.717, 1.165) is 24.0 Å². The summed E-state index contributed by atoms with van der Waals surface area (Å²) in [6, 6.07) is 23.1. The summed E-state index contributed by atoms with van der Waals surface area (Å²) in [5.74, 6) is 2.00. The molecule has 0 aliphatic heterocycles. The van der Waals surface area contributed by atoms with Gasteiger partial charge in [0.25, 0.3) is 5.91 Å². The van der Waals surface area contributed by atoms with E-state index >= 15 is 0 Å². The van der Waals surface area contributed by atoms with Gasteiger partial charge in [-0.2, -0.15) is 0 Å². The highest BCUT2D eigenvalue weighted by Gasteiger charge is 2.17. The Morgan fingerprint density at radius 3 is 2.38 bits per heavy atom. The van der Waals surface area contributed by atoms with Gasteiger partial charge in [0.15, 0.2) is 11.5 Å². The molecule has 3 aromatic rings. The smallest absolute Gasteiger partial charge is 0.254 e. The van der Waals surface area contributed by atoms with E-state index in [-0.39, 0.29) is 5.91 Å². The van der Waals surface area contributed by atoms with Crippen LogP contribution in [-0.4, -0.2) is 31.6 Å². The molecule has 0 aromatic heterocycles. The molecule has 1 amide bonds. The quantitative estimate of drug-likeness (QED) is 0.388. The van der Waals surface area contributed by atoms with E-state index < -0.39 is 0 Å². The Labute approximate surface area is 190 Å². The molecule has 168 valence electrons. The minimum atomic E-state index is -0.0132. The van der Waals surface area contributed by atoms with Crippen LogP contribution < -0.4 is 14.2 Å². The van der Waals surface area contributed by atoms with Gasteiger partial charge in [-0.05, 0) is 47.9 Å². The van der Waals surface area contributed by atoms with Crippen LogP contribution in [0.5, 0.6) is 17.2 Å². The number of hydrogen-bond acceptors (Lipinski definition) is 4. The van der Waals surface area contributed by atoms with Crippen LogP contribution in [0.25, 0.3) is 0 Å². The van der Waals surface area contributed by atoms with Crippen molar-refractivity contribution in [1.82, 2.24) is 4.90 Å². The van der Waals surface area contributed by atoms with E-state index in [0.29, 0.717) is 42.5 Å². The lowest BCUT2D eigenvalue weighted by atomic mass is 10.1. The molecule has 5 heteroatoms. The van der Waals surface area contributed by atoms with E-state index in [9.17, 15) is 4.79 Å². The van der Waals surface area contributed by atoms with Crippen LogP contribution in [0.3, 0.4) is 0 Å². The van der Waals surface area contributed by atoms with Gasteiger partial charge in [-0.1, -0.05) is 55.8 Å². The highest BCUT2D eigenvalue weighted by atomic mass is 16.5. The molecule has 0 saturated heterocycles. The number of hydrogen-bond donors (Lipinski definition) is 0. The monoisotopic (exact) mass is 433 g/mol. The Kier molecular flexibility index (Phi) is 8.55. The first-order valence-electron chi connectivity index (χ1n) is 10.9. The van der Waals surface area contributed by atoms with Crippen LogP contribution in [0.15, 0.2) is 72.8 Å². The summed E-state index contributed by atoms with van der Waals surface area (Å²) in [4.78, 5) is 15.1. The average Bonchev–Trinajstić information content (AvgIpc) is 2.85. The highest BCUT2D eigenvalue weighted by Crippen LogP contribution is 2.29. The average molecular weight is 434 g/mol. The van der Waals surface area contributed by atoms with Gasteiger partial charge in [0.05, 0.1) is 14.2 Å². The van der Waals surface area contributed by atoms with Crippen molar-refractivity contribution in [3.8, 4) is 17.2 Å². The summed E-state index contributed by atoms with van der Waals surface area (Å²) in [7, 11) is 3.23. The van der Waals surface area contributed by atoms with Crippen LogP contribution in [0.4, 0.5) is 0 Å². The molecule has 0 aliphatic carbocycles. The molecule has 0 saturated carbocycles. The van der Waals surface area contributed by atoms with Crippen molar-refractivity contribution in [2.45, 2.75) is 32.9 Å². The fourth-order valence-corrected chi connectivity index (χ4v) is 3.43. The maximum Gasteiger partial charge on any atom is 0.254 e. The number of carbonyl (C=O) groups is 1. The molecular formula is C27H31NO4. The van der Waals surface area contributed by atoms with Gasteiger partial charge in [0.2, 0.25) is 0 Å². The first-order chi connectivity index (χ1) is 15.6. The molecule has 0 aliphatic rings. The van der Waals surface area contributed by atoms with Crippen molar-refractivity contribution in [3.05, 3.63) is 89.5 Å². The van der Waals surface area contributed by atoms with Crippen LogP contribution in [0, 0.1) is 0 Å². The molecule has 5 nitrogen and oxygen atoms in total. The molecule has 3 aromatic carbocycles. The van der Waals surface area contributed by atoms with Gasteiger partial charge in [0, 0.05) is 18.7 Å². The lowest BCUT2D eigenvalue weighted by Gasteiger charge is -2.23. The molecule has 0 radical (unpaired) electrons. The Morgan fingerprint density at radius 1 is 0.844 bits per heavy atom. The number of ether oxygens (including phenoxy) is 3. The largest absolute Gasteiger partial charge is 0.497 e. The van der Waals surface area contributed by atoms with Crippen LogP contribution in [0.1, 0.15) is 41.3 Å². The Hall–Kier alpha value is -3.47. The van der Waals surface area contributed by atoms with E-state index in [2.05, 4.69) is 6.92 Å². The molecule has 32 heavy (non-hydrogen) atoms. The maximum absolute atomic E-state index is 13.2. The highest BCUT2D eigenvalue weighted by molar-refractivity contribution is 5.94. The summed E-state index contributed by atoms with van der Waals surface area (Å²) in [6.07, 6.45) is 1.95. The van der Waals surface area contributed by atoms with Gasteiger partial charge < -0.3 is 19.1 Å². The molecule has 0 bridgehead atoms. The van der Waals surface area contributed by atoms with Crippen molar-refractivity contribution in [1.29, 1.82) is 0 Å². The van der Waals surface area contributed by atoms with Crippen molar-refractivity contribution in [3.63, 3.8) is 0 Å². The number of methoxy groups -OCH3 is 2. The fourth-order valence-electron chi connectivity index (χ4n) is 3.43. The van der Waals surface area contributed by atoms with E-state index in [1.165, 1.54) is 0 Å². The summed E-state index contributed by atoms with van der Waals surface area (Å²) < 4.78 is 16.8. The zero-order valence-corrected chi connectivity index (χ0v) is 19.0. The maximum atomic E-state index is 13.2. The lowest BCUT2D eigenvalue weighted by molar-refractivity contribution is 0.0740. The van der Waals surface area contributed by atoms with Gasteiger partial charge in [-0.15, -0.1) is 0 Å². The first-order valence-corrected chi connectivity index (χ1v) is 10.9. The zero-order valence-electron chi connectivity index (χ0n) is 19.0. The second-order valence-corrected chi connectivity index (χ2v) is 7.57. The zero-order chi connectivity index (χ0) is 22.8. The van der Waals surface area contributed by atoms with Crippen LogP contribution >= 0.6 is 0 Å². The molecule has 3 rings (SSSR count). The third-order valence-corrected chi connectivity index (χ3v) is 5.22. The third-order valence-electron chi connectivity index (χ3n) is 5.22. The fraction of sp³-hybridized carbons (Fsp3) is 0.296. The minimum absolute atomic E-state index is 0.0132. The van der Waals surface area contributed by atoms with E-state index in [1.807, 2.05) is 71.6 Å². The molecule has 0 unspecified atom stereocenters. The third kappa shape index (κ3) is 6.27. The van der Waals surface area contributed by atoms with Crippen molar-refractivity contribution >= 4 is 5.91 Å². The van der Waals surface area contributed by atoms with Crippen molar-refractivity contribution in [2.24, 2.45) is 0 Å². The molecule has 0 N–H and O–H groups in total. The SMILES string of the molecule is CCCCN(Cc1ccc(OCc2ccccc2)c(OC)c1)C(=O)c1cccc(OC)c1. The molecule has 0 atom stereocenters. The normalized spacial score (nSPS) is 10.5. The van der Waals surface area contributed by atoms with E-state index in [1.54, 1.807) is 20.3 Å². The molecule has 0 fully saturated rings. The number of nitrogens with zero attached hydrogens (tertiary/aromatic N) is 1. The number of rotatable bonds is 11. The van der Waals surface area contributed by atoms with Gasteiger partial charge in [-0.25, -0.2) is 0 Å². The second kappa shape index (κ2) is 11.8. The predicted molar refractivity (Wildman–Crippen MR) is 126 cm³/mol. The number of carbonyl (C=O) groups excluding carboxylic acids is 1. The topological polar surface area (TPSA) is 48.0 Å². The van der Waals surface area contributed by atoms with Crippen molar-refractivity contribution < 1.29 is 19.0 Å². The Morgan fingerprint density at radius 2 is 1.66 bits per heavy atom. The Balaban J connectivity index is 1.75. The van der Waals surface area contributed by atoms with Crippen molar-refractivity contribution in [2.75, 3.05) is 20.8 Å². The van der Waals surface area contributed by atoms with E-state index in [4.69, 9.17) is 14.2 Å². The van der Waals surface area contributed by atoms with Gasteiger partial charge >= 0.3 is 0 Å². The summed E-state index contributed by atoms with van der Waals surface area (Å²) in [5.41, 5.74) is 2.70. The molecular weight excluding hydrogens is 402 g/mol. The lowest BCUT2D eigenvalue weighted by Crippen LogP contribution is -2.31. The van der Waals surface area contributed by atoms with Gasteiger partial charge in [-0.3, -0.25) is 4.79 Å². The van der Waals surface area contributed by atoms with Gasteiger partial charge in [0.1, 0.15) is 12.4 Å².